The van der Waals surface area contributed by atoms with E-state index in [1.54, 1.807) is 4.90 Å². The van der Waals surface area contributed by atoms with E-state index in [2.05, 4.69) is 0 Å². The Labute approximate surface area is 136 Å². The van der Waals surface area contributed by atoms with Crippen LogP contribution in [0.25, 0.3) is 0 Å². The van der Waals surface area contributed by atoms with Gasteiger partial charge in [0, 0.05) is 6.54 Å². The van der Waals surface area contributed by atoms with Crippen molar-refractivity contribution >= 4 is 5.91 Å². The number of carbonyl (C=O) groups excluding carboxylic acids is 1. The standard InChI is InChI=1S/C19H21NO3/c1-14(15-8-4-2-5-9-15)20(12-13-21)19(22)18-17(23-18)16-10-6-3-7-11-16/h2-11,14,17-18,21H,12-13H2,1H3/t14-,17-,18+/m0/s1. The van der Waals surface area contributed by atoms with Crippen LogP contribution in [0.4, 0.5) is 0 Å². The molecule has 120 valence electrons. The molecule has 1 fully saturated rings. The third kappa shape index (κ3) is 3.44. The lowest BCUT2D eigenvalue weighted by molar-refractivity contribution is -0.135. The minimum Gasteiger partial charge on any atom is -0.395 e. The van der Waals surface area contributed by atoms with E-state index in [-0.39, 0.29) is 24.7 Å². The Morgan fingerprint density at radius 3 is 2.35 bits per heavy atom. The van der Waals surface area contributed by atoms with Crippen LogP contribution in [-0.4, -0.2) is 35.2 Å². The summed E-state index contributed by atoms with van der Waals surface area (Å²) in [5.74, 6) is -0.0655. The lowest BCUT2D eigenvalue weighted by Crippen LogP contribution is -2.38. The van der Waals surface area contributed by atoms with Crippen molar-refractivity contribution in [1.82, 2.24) is 4.90 Å². The molecule has 1 N–H and O–H groups in total. The molecule has 4 heteroatoms. The van der Waals surface area contributed by atoms with Crippen molar-refractivity contribution in [2.45, 2.75) is 25.2 Å². The number of hydrogen-bond acceptors (Lipinski definition) is 3. The molecule has 0 radical (unpaired) electrons. The van der Waals surface area contributed by atoms with Crippen LogP contribution in [0.15, 0.2) is 60.7 Å². The summed E-state index contributed by atoms with van der Waals surface area (Å²) in [5, 5.41) is 9.33. The van der Waals surface area contributed by atoms with Gasteiger partial charge in [0.1, 0.15) is 6.10 Å². The van der Waals surface area contributed by atoms with Crippen LogP contribution >= 0.6 is 0 Å². The Kier molecular flexibility index (Phi) is 4.74. The van der Waals surface area contributed by atoms with E-state index in [9.17, 15) is 9.90 Å². The molecule has 4 nitrogen and oxygen atoms in total. The lowest BCUT2D eigenvalue weighted by atomic mass is 10.1. The highest BCUT2D eigenvalue weighted by molar-refractivity contribution is 5.84. The van der Waals surface area contributed by atoms with E-state index in [4.69, 9.17) is 4.74 Å². The van der Waals surface area contributed by atoms with Crippen molar-refractivity contribution in [3.8, 4) is 0 Å². The second-order valence-corrected chi connectivity index (χ2v) is 5.73. The first kappa shape index (κ1) is 15.7. The summed E-state index contributed by atoms with van der Waals surface area (Å²) < 4.78 is 5.61. The van der Waals surface area contributed by atoms with E-state index < -0.39 is 6.10 Å². The smallest absolute Gasteiger partial charge is 0.255 e. The van der Waals surface area contributed by atoms with Gasteiger partial charge in [-0.1, -0.05) is 60.7 Å². The predicted molar refractivity (Wildman–Crippen MR) is 87.7 cm³/mol. The molecule has 2 aromatic carbocycles. The maximum atomic E-state index is 12.8. The first-order valence-corrected chi connectivity index (χ1v) is 7.89. The molecular weight excluding hydrogens is 290 g/mol. The van der Waals surface area contributed by atoms with E-state index in [0.29, 0.717) is 6.54 Å². The number of ether oxygens (including phenoxy) is 1. The van der Waals surface area contributed by atoms with Crippen molar-refractivity contribution in [1.29, 1.82) is 0 Å². The number of rotatable bonds is 6. The van der Waals surface area contributed by atoms with Gasteiger partial charge >= 0.3 is 0 Å². The third-order valence-corrected chi connectivity index (χ3v) is 4.24. The highest BCUT2D eigenvalue weighted by atomic mass is 16.6. The monoisotopic (exact) mass is 311 g/mol. The third-order valence-electron chi connectivity index (χ3n) is 4.24. The van der Waals surface area contributed by atoms with Gasteiger partial charge in [-0.25, -0.2) is 0 Å². The maximum absolute atomic E-state index is 12.8. The highest BCUT2D eigenvalue weighted by Crippen LogP contribution is 2.40. The summed E-state index contributed by atoms with van der Waals surface area (Å²) in [7, 11) is 0. The normalized spacial score (nSPS) is 20.8. The fourth-order valence-corrected chi connectivity index (χ4v) is 2.87. The Hall–Kier alpha value is -2.17. The number of epoxide rings is 1. The second-order valence-electron chi connectivity index (χ2n) is 5.73. The number of benzene rings is 2. The van der Waals surface area contributed by atoms with E-state index in [1.807, 2.05) is 67.6 Å². The van der Waals surface area contributed by atoms with Gasteiger partial charge in [0.05, 0.1) is 12.6 Å². The summed E-state index contributed by atoms with van der Waals surface area (Å²) in [6.07, 6.45) is -0.622. The number of aliphatic hydroxyl groups excluding tert-OH is 1. The van der Waals surface area contributed by atoms with Crippen LogP contribution in [0, 0.1) is 0 Å². The quantitative estimate of drug-likeness (QED) is 0.835. The highest BCUT2D eigenvalue weighted by Gasteiger charge is 2.48. The van der Waals surface area contributed by atoms with Gasteiger partial charge in [0.2, 0.25) is 0 Å². The molecule has 2 aromatic rings. The van der Waals surface area contributed by atoms with Crippen LogP contribution in [-0.2, 0) is 9.53 Å². The summed E-state index contributed by atoms with van der Waals surface area (Å²) >= 11 is 0. The van der Waals surface area contributed by atoms with Gasteiger partial charge in [-0.05, 0) is 18.1 Å². The van der Waals surface area contributed by atoms with Crippen molar-refractivity contribution in [2.24, 2.45) is 0 Å². The predicted octanol–water partition coefficient (Wildman–Crippen LogP) is 2.71. The lowest BCUT2D eigenvalue weighted by Gasteiger charge is -2.28. The van der Waals surface area contributed by atoms with E-state index in [1.165, 1.54) is 0 Å². The van der Waals surface area contributed by atoms with E-state index >= 15 is 0 Å². The molecule has 0 saturated carbocycles. The summed E-state index contributed by atoms with van der Waals surface area (Å²) in [4.78, 5) is 14.5. The number of aliphatic hydroxyl groups is 1. The summed E-state index contributed by atoms with van der Waals surface area (Å²) in [5.41, 5.74) is 2.06. The largest absolute Gasteiger partial charge is 0.395 e. The molecule has 23 heavy (non-hydrogen) atoms. The number of amides is 1. The van der Waals surface area contributed by atoms with Gasteiger partial charge < -0.3 is 14.7 Å². The van der Waals surface area contributed by atoms with Crippen LogP contribution < -0.4 is 0 Å². The van der Waals surface area contributed by atoms with Crippen LogP contribution in [0.1, 0.15) is 30.2 Å². The van der Waals surface area contributed by atoms with Crippen LogP contribution in [0.3, 0.4) is 0 Å². The first-order valence-electron chi connectivity index (χ1n) is 7.89. The molecule has 1 heterocycles. The number of carbonyl (C=O) groups is 1. The SMILES string of the molecule is C[C@@H](c1ccccc1)N(CCO)C(=O)[C@@H]1O[C@H]1c1ccccc1. The summed E-state index contributed by atoms with van der Waals surface area (Å²) in [6.45, 7) is 2.21. The average Bonchev–Trinajstić information content (AvgIpc) is 3.41. The molecule has 0 aliphatic carbocycles. The van der Waals surface area contributed by atoms with Crippen LogP contribution in [0.5, 0.6) is 0 Å². The van der Waals surface area contributed by atoms with Gasteiger partial charge in [-0.3, -0.25) is 4.79 Å². The molecule has 0 aromatic heterocycles. The Morgan fingerprint density at radius 2 is 1.74 bits per heavy atom. The topological polar surface area (TPSA) is 53.1 Å². The maximum Gasteiger partial charge on any atom is 0.255 e. The molecule has 0 unspecified atom stereocenters. The zero-order valence-electron chi connectivity index (χ0n) is 13.1. The minimum atomic E-state index is -0.449. The molecule has 3 atom stereocenters. The van der Waals surface area contributed by atoms with Crippen molar-refractivity contribution in [3.05, 3.63) is 71.8 Å². The average molecular weight is 311 g/mol. The zero-order valence-corrected chi connectivity index (χ0v) is 13.1. The zero-order chi connectivity index (χ0) is 16.2. The minimum absolute atomic E-state index is 0.0639. The molecule has 0 spiro atoms. The molecule has 1 aliphatic heterocycles. The molecule has 1 amide bonds. The fraction of sp³-hybridized carbons (Fsp3) is 0.316. The molecule has 1 aliphatic rings. The Morgan fingerprint density at radius 1 is 1.13 bits per heavy atom. The van der Waals surface area contributed by atoms with Gasteiger partial charge in [0.25, 0.3) is 5.91 Å². The molecular formula is C19H21NO3. The first-order chi connectivity index (χ1) is 11.2. The summed E-state index contributed by atoms with van der Waals surface area (Å²) in [6, 6.07) is 19.5. The van der Waals surface area contributed by atoms with Gasteiger partial charge in [-0.2, -0.15) is 0 Å². The van der Waals surface area contributed by atoms with Crippen molar-refractivity contribution in [2.75, 3.05) is 13.2 Å². The second kappa shape index (κ2) is 6.94. The fourth-order valence-electron chi connectivity index (χ4n) is 2.87. The van der Waals surface area contributed by atoms with E-state index in [0.717, 1.165) is 11.1 Å². The molecule has 3 rings (SSSR count). The van der Waals surface area contributed by atoms with Gasteiger partial charge in [0.15, 0.2) is 6.10 Å². The molecule has 0 bridgehead atoms. The van der Waals surface area contributed by atoms with Gasteiger partial charge in [-0.15, -0.1) is 0 Å². The van der Waals surface area contributed by atoms with Crippen molar-refractivity contribution in [3.63, 3.8) is 0 Å². The Balaban J connectivity index is 1.73. The van der Waals surface area contributed by atoms with Crippen LogP contribution in [0.2, 0.25) is 0 Å². The molecule has 1 saturated heterocycles. The van der Waals surface area contributed by atoms with Crippen molar-refractivity contribution < 1.29 is 14.6 Å². The Bertz CT molecular complexity index is 644. The number of hydrogen-bond donors (Lipinski definition) is 1. The number of nitrogens with zero attached hydrogens (tertiary/aromatic N) is 1.